The largest absolute Gasteiger partial charge is 0.326 e. The Bertz CT molecular complexity index is 374. The van der Waals surface area contributed by atoms with E-state index < -0.39 is 0 Å². The van der Waals surface area contributed by atoms with Gasteiger partial charge in [0.05, 0.1) is 12.2 Å². The van der Waals surface area contributed by atoms with Gasteiger partial charge in [-0.3, -0.25) is 9.58 Å². The molecule has 0 aliphatic carbocycles. The summed E-state index contributed by atoms with van der Waals surface area (Å²) in [6.45, 7) is 7.53. The van der Waals surface area contributed by atoms with Gasteiger partial charge >= 0.3 is 0 Å². The van der Waals surface area contributed by atoms with Gasteiger partial charge in [-0.25, -0.2) is 0 Å². The molecule has 0 saturated heterocycles. The Morgan fingerprint density at radius 3 is 2.40 bits per heavy atom. The zero-order valence-corrected chi connectivity index (χ0v) is 13.7. The van der Waals surface area contributed by atoms with Crippen LogP contribution in [-0.2, 0) is 7.05 Å². The molecular formula is C15H31N5. The first kappa shape index (κ1) is 17.1. The van der Waals surface area contributed by atoms with Crippen molar-refractivity contribution < 1.29 is 0 Å². The van der Waals surface area contributed by atoms with Crippen molar-refractivity contribution in [1.82, 2.24) is 19.6 Å². The first-order valence-electron chi connectivity index (χ1n) is 7.62. The quantitative estimate of drug-likeness (QED) is 0.745. The van der Waals surface area contributed by atoms with Gasteiger partial charge in [0.2, 0.25) is 0 Å². The molecule has 0 saturated carbocycles. The fraction of sp³-hybridized carbons (Fsp3) is 0.800. The zero-order valence-electron chi connectivity index (χ0n) is 13.7. The van der Waals surface area contributed by atoms with Crippen molar-refractivity contribution in [3.8, 4) is 0 Å². The molecule has 0 radical (unpaired) electrons. The van der Waals surface area contributed by atoms with E-state index in [-0.39, 0.29) is 12.1 Å². The van der Waals surface area contributed by atoms with E-state index in [1.807, 2.05) is 17.9 Å². The predicted octanol–water partition coefficient (Wildman–Crippen LogP) is 1.47. The second-order valence-corrected chi connectivity index (χ2v) is 5.80. The summed E-state index contributed by atoms with van der Waals surface area (Å²) >= 11 is 0. The molecule has 1 aromatic rings. The molecule has 1 heterocycles. The van der Waals surface area contributed by atoms with E-state index in [0.29, 0.717) is 0 Å². The third-order valence-electron chi connectivity index (χ3n) is 3.68. The highest BCUT2D eigenvalue weighted by Gasteiger charge is 2.26. The summed E-state index contributed by atoms with van der Waals surface area (Å²) in [6, 6.07) is 0.404. The Morgan fingerprint density at radius 2 is 1.95 bits per heavy atom. The maximum atomic E-state index is 6.40. The van der Waals surface area contributed by atoms with Crippen LogP contribution in [-0.4, -0.2) is 59.4 Å². The van der Waals surface area contributed by atoms with Gasteiger partial charge in [-0.15, -0.1) is 0 Å². The highest BCUT2D eigenvalue weighted by Crippen LogP contribution is 2.24. The van der Waals surface area contributed by atoms with E-state index in [4.69, 9.17) is 5.73 Å². The van der Waals surface area contributed by atoms with E-state index >= 15 is 0 Å². The molecule has 20 heavy (non-hydrogen) atoms. The molecular weight excluding hydrogens is 250 g/mol. The Hall–Kier alpha value is -0.910. The van der Waals surface area contributed by atoms with Crippen LogP contribution >= 0.6 is 0 Å². The first-order valence-corrected chi connectivity index (χ1v) is 7.62. The fourth-order valence-corrected chi connectivity index (χ4v) is 2.55. The van der Waals surface area contributed by atoms with Gasteiger partial charge in [-0.1, -0.05) is 13.8 Å². The molecule has 2 atom stereocenters. The lowest BCUT2D eigenvalue weighted by Gasteiger charge is -2.35. The Kier molecular flexibility index (Phi) is 7.19. The van der Waals surface area contributed by atoms with Crippen molar-refractivity contribution in [3.63, 3.8) is 0 Å². The molecule has 2 N–H and O–H groups in total. The number of nitrogens with zero attached hydrogens (tertiary/aromatic N) is 4. The van der Waals surface area contributed by atoms with E-state index in [2.05, 4.69) is 49.0 Å². The highest BCUT2D eigenvalue weighted by atomic mass is 15.3. The summed E-state index contributed by atoms with van der Waals surface area (Å²) in [7, 11) is 6.19. The van der Waals surface area contributed by atoms with Crippen molar-refractivity contribution in [2.24, 2.45) is 12.8 Å². The third kappa shape index (κ3) is 4.89. The van der Waals surface area contributed by atoms with Crippen LogP contribution in [0.4, 0.5) is 0 Å². The van der Waals surface area contributed by atoms with Gasteiger partial charge in [-0.2, -0.15) is 5.10 Å². The molecule has 0 fully saturated rings. The van der Waals surface area contributed by atoms with Crippen molar-refractivity contribution in [3.05, 3.63) is 18.0 Å². The van der Waals surface area contributed by atoms with E-state index in [0.717, 1.165) is 32.5 Å². The maximum absolute atomic E-state index is 6.40. The lowest BCUT2D eigenvalue weighted by molar-refractivity contribution is 0.155. The molecule has 0 aliphatic heterocycles. The summed E-state index contributed by atoms with van der Waals surface area (Å²) in [5.41, 5.74) is 7.63. The second kappa shape index (κ2) is 8.39. The lowest BCUT2D eigenvalue weighted by Crippen LogP contribution is -2.43. The number of likely N-dealkylation sites (N-methyl/N-ethyl adjacent to an activating group) is 1. The summed E-state index contributed by atoms with van der Waals surface area (Å²) in [5.74, 6) is 0. The minimum atomic E-state index is 0.146. The van der Waals surface area contributed by atoms with Crippen molar-refractivity contribution in [2.75, 3.05) is 33.7 Å². The minimum Gasteiger partial charge on any atom is -0.326 e. The Balaban J connectivity index is 2.92. The van der Waals surface area contributed by atoms with E-state index in [9.17, 15) is 0 Å². The molecule has 5 heteroatoms. The number of nitrogens with two attached hydrogens (primary N) is 1. The zero-order chi connectivity index (χ0) is 15.1. The third-order valence-corrected chi connectivity index (χ3v) is 3.68. The predicted molar refractivity (Wildman–Crippen MR) is 84.6 cm³/mol. The summed E-state index contributed by atoms with van der Waals surface area (Å²) in [4.78, 5) is 4.73. The normalized spacial score (nSPS) is 15.0. The molecule has 5 nitrogen and oxygen atoms in total. The van der Waals surface area contributed by atoms with Crippen molar-refractivity contribution in [2.45, 2.75) is 38.8 Å². The average molecular weight is 281 g/mol. The summed E-state index contributed by atoms with van der Waals surface area (Å²) < 4.78 is 1.86. The van der Waals surface area contributed by atoms with E-state index in [1.165, 1.54) is 5.56 Å². The highest BCUT2D eigenvalue weighted by molar-refractivity contribution is 5.13. The molecule has 0 aliphatic rings. The summed E-state index contributed by atoms with van der Waals surface area (Å²) in [6.07, 6.45) is 6.17. The SMILES string of the molecule is CCCN(CCN(C)C)C(c1cnn(C)c1)C(N)CC. The standard InChI is InChI=1S/C15H31N5/c1-6-8-20(10-9-18(3)4)15(14(16)7-2)13-11-17-19(5)12-13/h11-12,14-15H,6-10,16H2,1-5H3. The molecule has 1 rings (SSSR count). The molecule has 2 unspecified atom stereocenters. The van der Waals surface area contributed by atoms with Gasteiger partial charge in [0, 0.05) is 37.9 Å². The van der Waals surface area contributed by atoms with Gasteiger partial charge in [-0.05, 0) is 33.5 Å². The van der Waals surface area contributed by atoms with Crippen LogP contribution in [0.15, 0.2) is 12.4 Å². The first-order chi connectivity index (χ1) is 9.49. The Labute approximate surface area is 123 Å². The number of aryl methyl sites for hydroxylation is 1. The minimum absolute atomic E-state index is 0.146. The topological polar surface area (TPSA) is 50.3 Å². The Morgan fingerprint density at radius 1 is 1.25 bits per heavy atom. The number of rotatable bonds is 9. The van der Waals surface area contributed by atoms with Gasteiger partial charge in [0.1, 0.15) is 0 Å². The second-order valence-electron chi connectivity index (χ2n) is 5.80. The van der Waals surface area contributed by atoms with Crippen LogP contribution in [0.2, 0.25) is 0 Å². The smallest absolute Gasteiger partial charge is 0.0538 e. The monoisotopic (exact) mass is 281 g/mol. The number of hydrogen-bond donors (Lipinski definition) is 1. The number of hydrogen-bond acceptors (Lipinski definition) is 4. The van der Waals surface area contributed by atoms with Gasteiger partial charge < -0.3 is 10.6 Å². The van der Waals surface area contributed by atoms with Crippen molar-refractivity contribution in [1.29, 1.82) is 0 Å². The molecule has 1 aromatic heterocycles. The van der Waals surface area contributed by atoms with Crippen LogP contribution < -0.4 is 5.73 Å². The molecule has 0 amide bonds. The molecule has 0 bridgehead atoms. The molecule has 116 valence electrons. The van der Waals surface area contributed by atoms with E-state index in [1.54, 1.807) is 0 Å². The fourth-order valence-electron chi connectivity index (χ4n) is 2.55. The number of aromatic nitrogens is 2. The van der Waals surface area contributed by atoms with Crippen LogP contribution in [0.3, 0.4) is 0 Å². The lowest BCUT2D eigenvalue weighted by atomic mass is 9.98. The molecule has 0 spiro atoms. The average Bonchev–Trinajstić information content (AvgIpc) is 2.82. The maximum Gasteiger partial charge on any atom is 0.0538 e. The van der Waals surface area contributed by atoms with Crippen LogP contribution in [0.5, 0.6) is 0 Å². The van der Waals surface area contributed by atoms with Crippen LogP contribution in [0.25, 0.3) is 0 Å². The van der Waals surface area contributed by atoms with Crippen LogP contribution in [0.1, 0.15) is 38.3 Å². The van der Waals surface area contributed by atoms with Gasteiger partial charge in [0.25, 0.3) is 0 Å². The van der Waals surface area contributed by atoms with Crippen molar-refractivity contribution >= 4 is 0 Å². The molecule has 0 aromatic carbocycles. The summed E-state index contributed by atoms with van der Waals surface area (Å²) in [5, 5.41) is 4.32. The van der Waals surface area contributed by atoms with Gasteiger partial charge in [0.15, 0.2) is 0 Å². The van der Waals surface area contributed by atoms with Crippen LogP contribution in [0, 0.1) is 0 Å².